The van der Waals surface area contributed by atoms with Gasteiger partial charge in [0, 0.05) is 22.1 Å². The van der Waals surface area contributed by atoms with Crippen molar-refractivity contribution < 1.29 is 4.79 Å². The Morgan fingerprint density at radius 2 is 1.88 bits per heavy atom. The van der Waals surface area contributed by atoms with Gasteiger partial charge in [-0.05, 0) is 56.2 Å². The molecule has 5 nitrogen and oxygen atoms in total. The fourth-order valence-electron chi connectivity index (χ4n) is 2.65. The molecule has 0 radical (unpaired) electrons. The van der Waals surface area contributed by atoms with Gasteiger partial charge >= 0.3 is 0 Å². The molecule has 6 heteroatoms. The summed E-state index contributed by atoms with van der Waals surface area (Å²) < 4.78 is 0. The number of aromatic amines is 1. The first kappa shape index (κ1) is 16.8. The number of carbonyl (C=O) groups is 1. The lowest BCUT2D eigenvalue weighted by molar-refractivity contribution is -0.115. The van der Waals surface area contributed by atoms with Crippen molar-refractivity contribution in [1.82, 2.24) is 15.2 Å². The van der Waals surface area contributed by atoms with Crippen molar-refractivity contribution in [2.45, 2.75) is 35.8 Å². The van der Waals surface area contributed by atoms with Crippen LogP contribution < -0.4 is 5.32 Å². The lowest BCUT2D eigenvalue weighted by Crippen LogP contribution is -2.22. The minimum Gasteiger partial charge on any atom is -0.325 e. The summed E-state index contributed by atoms with van der Waals surface area (Å²) in [5.41, 5.74) is 1.72. The van der Waals surface area contributed by atoms with E-state index in [4.69, 9.17) is 0 Å². The predicted molar refractivity (Wildman–Crippen MR) is 104 cm³/mol. The number of aromatic nitrogens is 3. The minimum absolute atomic E-state index is 0.0134. The number of anilines is 1. The molecule has 26 heavy (non-hydrogen) atoms. The molecular formula is C20H20N4OS. The van der Waals surface area contributed by atoms with Crippen LogP contribution in [-0.2, 0) is 4.79 Å². The Hall–Kier alpha value is -2.60. The first-order chi connectivity index (χ1) is 12.7. The van der Waals surface area contributed by atoms with Gasteiger partial charge < -0.3 is 5.32 Å². The number of carbonyl (C=O) groups excluding carboxylic acids is 1. The molecule has 2 aromatic carbocycles. The Labute approximate surface area is 156 Å². The summed E-state index contributed by atoms with van der Waals surface area (Å²) in [4.78, 5) is 18.0. The minimum atomic E-state index is -0.175. The second kappa shape index (κ2) is 7.33. The van der Waals surface area contributed by atoms with E-state index in [0.29, 0.717) is 11.7 Å². The van der Waals surface area contributed by atoms with E-state index in [0.717, 1.165) is 22.0 Å². The number of nitrogens with one attached hydrogen (secondary N) is 2. The Morgan fingerprint density at radius 1 is 1.15 bits per heavy atom. The lowest BCUT2D eigenvalue weighted by atomic mass is 10.2. The van der Waals surface area contributed by atoms with Gasteiger partial charge in [0.15, 0.2) is 5.82 Å². The second-order valence-corrected chi connectivity index (χ2v) is 7.87. The van der Waals surface area contributed by atoms with Crippen LogP contribution >= 0.6 is 11.8 Å². The van der Waals surface area contributed by atoms with E-state index in [1.165, 1.54) is 12.8 Å². The van der Waals surface area contributed by atoms with Gasteiger partial charge in [0.1, 0.15) is 5.82 Å². The Morgan fingerprint density at radius 3 is 2.58 bits per heavy atom. The molecule has 1 aliphatic carbocycles. The van der Waals surface area contributed by atoms with E-state index < -0.39 is 0 Å². The second-order valence-electron chi connectivity index (χ2n) is 6.46. The highest BCUT2D eigenvalue weighted by molar-refractivity contribution is 8.00. The molecule has 132 valence electrons. The van der Waals surface area contributed by atoms with Gasteiger partial charge in [-0.15, -0.1) is 11.8 Å². The third kappa shape index (κ3) is 3.96. The zero-order valence-electron chi connectivity index (χ0n) is 14.5. The quantitative estimate of drug-likeness (QED) is 0.633. The van der Waals surface area contributed by atoms with Crippen molar-refractivity contribution in [2.24, 2.45) is 0 Å². The number of hydrogen-bond donors (Lipinski definition) is 2. The van der Waals surface area contributed by atoms with Gasteiger partial charge in [0.2, 0.25) is 5.91 Å². The van der Waals surface area contributed by atoms with Gasteiger partial charge in [-0.1, -0.05) is 18.2 Å². The topological polar surface area (TPSA) is 70.7 Å². The highest BCUT2D eigenvalue weighted by atomic mass is 32.2. The summed E-state index contributed by atoms with van der Waals surface area (Å²) in [6.07, 6.45) is 2.39. The number of nitrogens with zero attached hydrogens (tertiary/aromatic N) is 2. The molecule has 0 saturated heterocycles. The summed E-state index contributed by atoms with van der Waals surface area (Å²) in [5.74, 6) is 2.22. The third-order valence-corrected chi connectivity index (χ3v) is 5.41. The van der Waals surface area contributed by atoms with Crippen LogP contribution in [0.1, 0.15) is 31.5 Å². The molecule has 4 rings (SSSR count). The Balaban J connectivity index is 1.37. The fraction of sp³-hybridized carbons (Fsp3) is 0.250. The largest absolute Gasteiger partial charge is 0.325 e. The standard InChI is InChI=1S/C20H20N4OS/c1-13(26-17-5-3-2-4-6-17)20(25)21-16-11-9-15(10-12-16)19-22-18(23-24-19)14-7-8-14/h2-6,9-14H,7-8H2,1H3,(H,21,25)(H,22,23,24). The molecule has 1 amide bonds. The molecule has 1 unspecified atom stereocenters. The van der Waals surface area contributed by atoms with Crippen LogP contribution in [0.2, 0.25) is 0 Å². The first-order valence-corrected chi connectivity index (χ1v) is 9.62. The monoisotopic (exact) mass is 364 g/mol. The third-order valence-electron chi connectivity index (χ3n) is 4.30. The number of rotatable bonds is 6. The van der Waals surface area contributed by atoms with E-state index in [1.807, 2.05) is 61.5 Å². The molecule has 0 bridgehead atoms. The molecule has 3 aromatic rings. The number of H-pyrrole nitrogens is 1. The van der Waals surface area contributed by atoms with E-state index in [9.17, 15) is 4.79 Å². The Kier molecular flexibility index (Phi) is 4.75. The molecule has 1 aliphatic rings. The lowest BCUT2D eigenvalue weighted by Gasteiger charge is -2.12. The SMILES string of the molecule is CC(Sc1ccccc1)C(=O)Nc1ccc(-c2n[nH]c(C3CC3)n2)cc1. The maximum Gasteiger partial charge on any atom is 0.237 e. The number of hydrogen-bond acceptors (Lipinski definition) is 4. The van der Waals surface area contributed by atoms with E-state index in [1.54, 1.807) is 11.8 Å². The number of thioether (sulfide) groups is 1. The van der Waals surface area contributed by atoms with Crippen molar-refractivity contribution in [3.63, 3.8) is 0 Å². The van der Waals surface area contributed by atoms with Crippen LogP contribution in [-0.4, -0.2) is 26.3 Å². The van der Waals surface area contributed by atoms with Gasteiger partial charge in [-0.2, -0.15) is 5.10 Å². The number of amides is 1. The summed E-state index contributed by atoms with van der Waals surface area (Å²) in [6, 6.07) is 17.6. The summed E-state index contributed by atoms with van der Waals surface area (Å²) in [7, 11) is 0. The molecule has 1 fully saturated rings. The first-order valence-electron chi connectivity index (χ1n) is 8.74. The molecule has 1 atom stereocenters. The molecular weight excluding hydrogens is 344 g/mol. The maximum absolute atomic E-state index is 12.4. The predicted octanol–water partition coefficient (Wildman–Crippen LogP) is 4.47. The average Bonchev–Trinajstić information content (AvgIpc) is 3.40. The molecule has 0 aliphatic heterocycles. The van der Waals surface area contributed by atoms with Gasteiger partial charge in [-0.3, -0.25) is 9.89 Å². The summed E-state index contributed by atoms with van der Waals surface area (Å²) in [6.45, 7) is 1.91. The molecule has 1 heterocycles. The highest BCUT2D eigenvalue weighted by Gasteiger charge is 2.27. The fourth-order valence-corrected chi connectivity index (χ4v) is 3.53. The van der Waals surface area contributed by atoms with Crippen molar-refractivity contribution in [3.8, 4) is 11.4 Å². The van der Waals surface area contributed by atoms with Crippen LogP contribution in [0.4, 0.5) is 5.69 Å². The zero-order chi connectivity index (χ0) is 17.9. The van der Waals surface area contributed by atoms with E-state index in [-0.39, 0.29) is 11.2 Å². The smallest absolute Gasteiger partial charge is 0.237 e. The van der Waals surface area contributed by atoms with Gasteiger partial charge in [0.25, 0.3) is 0 Å². The van der Waals surface area contributed by atoms with Crippen LogP contribution in [0.5, 0.6) is 0 Å². The summed E-state index contributed by atoms with van der Waals surface area (Å²) >= 11 is 1.55. The Bertz CT molecular complexity index is 888. The van der Waals surface area contributed by atoms with Crippen LogP contribution in [0.15, 0.2) is 59.5 Å². The summed E-state index contributed by atoms with van der Waals surface area (Å²) in [5, 5.41) is 10.1. The molecule has 1 aromatic heterocycles. The van der Waals surface area contributed by atoms with Crippen molar-refractivity contribution in [3.05, 3.63) is 60.4 Å². The van der Waals surface area contributed by atoms with Crippen molar-refractivity contribution in [1.29, 1.82) is 0 Å². The normalized spacial score (nSPS) is 14.8. The van der Waals surface area contributed by atoms with Gasteiger partial charge in [-0.25, -0.2) is 4.98 Å². The maximum atomic E-state index is 12.4. The average molecular weight is 364 g/mol. The van der Waals surface area contributed by atoms with Crippen molar-refractivity contribution in [2.75, 3.05) is 5.32 Å². The molecule has 2 N–H and O–H groups in total. The van der Waals surface area contributed by atoms with Crippen LogP contribution in [0.25, 0.3) is 11.4 Å². The molecule has 1 saturated carbocycles. The van der Waals surface area contributed by atoms with Gasteiger partial charge in [0.05, 0.1) is 5.25 Å². The van der Waals surface area contributed by atoms with Crippen LogP contribution in [0.3, 0.4) is 0 Å². The van der Waals surface area contributed by atoms with E-state index >= 15 is 0 Å². The zero-order valence-corrected chi connectivity index (χ0v) is 15.3. The molecule has 0 spiro atoms. The van der Waals surface area contributed by atoms with E-state index in [2.05, 4.69) is 20.5 Å². The highest BCUT2D eigenvalue weighted by Crippen LogP contribution is 2.38. The van der Waals surface area contributed by atoms with Crippen molar-refractivity contribution >= 4 is 23.4 Å². The van der Waals surface area contributed by atoms with Crippen LogP contribution in [0, 0.1) is 0 Å². The number of benzene rings is 2.